The maximum atomic E-state index is 13.7. The topological polar surface area (TPSA) is 96.4 Å². The highest BCUT2D eigenvalue weighted by molar-refractivity contribution is 6.08. The van der Waals surface area contributed by atoms with Crippen molar-refractivity contribution >= 4 is 11.8 Å². The molecule has 0 aromatic heterocycles. The second-order valence-corrected chi connectivity index (χ2v) is 13.8. The Morgan fingerprint density at radius 2 is 1.77 bits per heavy atom. The first-order valence-electron chi connectivity index (χ1n) is 13.5. The van der Waals surface area contributed by atoms with Gasteiger partial charge in [0.05, 0.1) is 17.6 Å². The molecule has 6 heteroatoms. The summed E-state index contributed by atoms with van der Waals surface area (Å²) < 4.78 is 13.3. The van der Waals surface area contributed by atoms with Crippen LogP contribution in [-0.4, -0.2) is 45.9 Å². The summed E-state index contributed by atoms with van der Waals surface area (Å²) in [5, 5.41) is 22.3. The fraction of sp³-hybridized carbons (Fsp3) is 0.793. The van der Waals surface area contributed by atoms with E-state index in [1.54, 1.807) is 13.0 Å². The predicted molar refractivity (Wildman–Crippen MR) is 127 cm³/mol. The van der Waals surface area contributed by atoms with Gasteiger partial charge in [-0.15, -0.1) is 0 Å². The number of hydrogen-bond donors (Lipinski definition) is 2. The van der Waals surface area contributed by atoms with Gasteiger partial charge in [-0.3, -0.25) is 9.59 Å². The molecular formula is C29H38O6. The number of epoxide rings is 1. The van der Waals surface area contributed by atoms with Crippen LogP contribution < -0.4 is 0 Å². The summed E-state index contributed by atoms with van der Waals surface area (Å²) in [6.45, 7) is 12.9. The summed E-state index contributed by atoms with van der Waals surface area (Å²) >= 11 is 0. The number of aliphatic hydroxyl groups is 2. The lowest BCUT2D eigenvalue weighted by Crippen LogP contribution is -2.75. The fourth-order valence-electron chi connectivity index (χ4n) is 11.2. The summed E-state index contributed by atoms with van der Waals surface area (Å²) in [4.78, 5) is 26.4. The molecule has 1 spiro atoms. The highest BCUT2D eigenvalue weighted by Crippen LogP contribution is 2.82. The molecule has 190 valence electrons. The largest absolute Gasteiger partial charge is 0.504 e. The second-order valence-electron chi connectivity index (χ2n) is 13.8. The number of carbonyl (C=O) groups is 2. The number of hydrogen-bond acceptors (Lipinski definition) is 6. The van der Waals surface area contributed by atoms with Crippen LogP contribution in [0.4, 0.5) is 0 Å². The summed E-state index contributed by atoms with van der Waals surface area (Å²) in [6, 6.07) is 0. The second kappa shape index (κ2) is 6.07. The lowest BCUT2D eigenvalue weighted by Gasteiger charge is -2.70. The third kappa shape index (κ3) is 2.06. The molecule has 6 nitrogen and oxygen atoms in total. The standard InChI is InChI=1S/C29H38O6/c1-13-7-8-28-10-9-27(6)26(5)12-16(30)18-15(3)19(32)17(31)11-25(18,4)22(26)20-23(34-20)29(27,35-24(28)33)21(28)14(13)2/h11,13-14,16,20-23,30-31H,7-10,12H2,1-6H3. The molecule has 6 fully saturated rings. The number of Topliss-reactive ketones (excluding diaryl/α,β-unsaturated/α-hetero) is 1. The first-order chi connectivity index (χ1) is 16.3. The van der Waals surface area contributed by atoms with E-state index in [2.05, 4.69) is 34.6 Å². The molecule has 7 rings (SSSR count). The van der Waals surface area contributed by atoms with E-state index in [4.69, 9.17) is 9.47 Å². The lowest BCUT2D eigenvalue weighted by molar-refractivity contribution is -0.254. The Hall–Kier alpha value is -1.66. The minimum absolute atomic E-state index is 0.0268. The Kier molecular flexibility index (Phi) is 3.91. The van der Waals surface area contributed by atoms with Gasteiger partial charge in [0, 0.05) is 28.2 Å². The third-order valence-corrected chi connectivity index (χ3v) is 12.9. The minimum Gasteiger partial charge on any atom is -0.504 e. The molecule has 2 aliphatic heterocycles. The Labute approximate surface area is 207 Å². The molecule has 0 aromatic carbocycles. The van der Waals surface area contributed by atoms with E-state index in [1.807, 2.05) is 0 Å². The van der Waals surface area contributed by atoms with Gasteiger partial charge in [0.2, 0.25) is 5.78 Å². The zero-order valence-corrected chi connectivity index (χ0v) is 21.7. The molecular weight excluding hydrogens is 444 g/mol. The van der Waals surface area contributed by atoms with E-state index in [0.29, 0.717) is 23.8 Å². The van der Waals surface area contributed by atoms with E-state index < -0.39 is 39.1 Å². The lowest BCUT2D eigenvalue weighted by atomic mass is 9.32. The van der Waals surface area contributed by atoms with Gasteiger partial charge in [-0.2, -0.15) is 0 Å². The molecule has 5 aliphatic carbocycles. The third-order valence-electron chi connectivity index (χ3n) is 12.9. The quantitative estimate of drug-likeness (QED) is 0.396. The van der Waals surface area contributed by atoms with Crippen molar-refractivity contribution < 1.29 is 29.3 Å². The number of allylic oxidation sites excluding steroid dienone is 2. The van der Waals surface area contributed by atoms with Crippen molar-refractivity contribution in [2.24, 2.45) is 45.3 Å². The van der Waals surface area contributed by atoms with Crippen LogP contribution in [0.25, 0.3) is 0 Å². The van der Waals surface area contributed by atoms with Crippen LogP contribution in [0.15, 0.2) is 23.0 Å². The Balaban J connectivity index is 1.46. The van der Waals surface area contributed by atoms with Crippen LogP contribution in [0.1, 0.15) is 73.6 Å². The molecule has 35 heavy (non-hydrogen) atoms. The highest BCUT2D eigenvalue weighted by atomic mass is 16.6. The van der Waals surface area contributed by atoms with Gasteiger partial charge < -0.3 is 19.7 Å². The van der Waals surface area contributed by atoms with E-state index in [1.165, 1.54) is 0 Å². The smallest absolute Gasteiger partial charge is 0.313 e. The van der Waals surface area contributed by atoms with Crippen LogP contribution in [0.2, 0.25) is 0 Å². The zero-order chi connectivity index (χ0) is 25.1. The summed E-state index contributed by atoms with van der Waals surface area (Å²) in [5.74, 6) is 0.265. The Morgan fingerprint density at radius 1 is 1.06 bits per heavy atom. The normalized spacial score (nSPS) is 60.0. The molecule has 4 saturated carbocycles. The van der Waals surface area contributed by atoms with Crippen molar-refractivity contribution in [2.75, 3.05) is 0 Å². The number of aliphatic hydroxyl groups excluding tert-OH is 2. The van der Waals surface area contributed by atoms with E-state index in [9.17, 15) is 19.8 Å². The van der Waals surface area contributed by atoms with Crippen molar-refractivity contribution in [2.45, 2.75) is 97.6 Å². The Bertz CT molecular complexity index is 1150. The van der Waals surface area contributed by atoms with Crippen LogP contribution in [0, 0.1) is 45.3 Å². The van der Waals surface area contributed by atoms with Crippen molar-refractivity contribution in [1.82, 2.24) is 0 Å². The first kappa shape index (κ1) is 22.5. The number of rotatable bonds is 0. The van der Waals surface area contributed by atoms with E-state index in [-0.39, 0.29) is 35.8 Å². The average Bonchev–Trinajstić information content (AvgIpc) is 3.52. The SMILES string of the molecule is CC1=C2C(O)CC3(C)C(C4OC4C45OC(=O)C6(CCC(C)C(C)C64)CCC35C)C2(C)C=C(O)C1=O. The highest BCUT2D eigenvalue weighted by Gasteiger charge is 2.89. The zero-order valence-electron chi connectivity index (χ0n) is 21.7. The van der Waals surface area contributed by atoms with Gasteiger partial charge in [0.15, 0.2) is 11.4 Å². The Morgan fingerprint density at radius 3 is 2.49 bits per heavy atom. The monoisotopic (exact) mass is 482 g/mol. The van der Waals surface area contributed by atoms with Crippen molar-refractivity contribution in [3.8, 4) is 0 Å². The number of fused-ring (bicyclic) bond motifs is 6. The van der Waals surface area contributed by atoms with Gasteiger partial charge in [-0.1, -0.05) is 34.6 Å². The van der Waals surface area contributed by atoms with Gasteiger partial charge in [0.25, 0.3) is 0 Å². The van der Waals surface area contributed by atoms with Crippen molar-refractivity contribution in [1.29, 1.82) is 0 Å². The van der Waals surface area contributed by atoms with Crippen LogP contribution in [0.5, 0.6) is 0 Å². The molecule has 0 radical (unpaired) electrons. The molecule has 0 amide bonds. The first-order valence-corrected chi connectivity index (χ1v) is 13.5. The molecule has 2 heterocycles. The minimum atomic E-state index is -0.801. The number of ether oxygens (including phenoxy) is 2. The molecule has 12 atom stereocenters. The van der Waals surface area contributed by atoms with Crippen LogP contribution >= 0.6 is 0 Å². The van der Waals surface area contributed by atoms with E-state index >= 15 is 0 Å². The van der Waals surface area contributed by atoms with Crippen molar-refractivity contribution in [3.05, 3.63) is 23.0 Å². The number of esters is 1. The summed E-state index contributed by atoms with van der Waals surface area (Å²) in [7, 11) is 0. The molecule has 12 unspecified atom stereocenters. The number of ketones is 1. The van der Waals surface area contributed by atoms with Crippen LogP contribution in [0.3, 0.4) is 0 Å². The summed E-state index contributed by atoms with van der Waals surface area (Å²) in [5.41, 5.74) is -1.46. The van der Waals surface area contributed by atoms with Gasteiger partial charge >= 0.3 is 5.97 Å². The maximum absolute atomic E-state index is 13.7. The van der Waals surface area contributed by atoms with E-state index in [0.717, 1.165) is 31.3 Å². The van der Waals surface area contributed by atoms with Gasteiger partial charge in [-0.25, -0.2) is 0 Å². The van der Waals surface area contributed by atoms with Crippen molar-refractivity contribution in [3.63, 3.8) is 0 Å². The summed E-state index contributed by atoms with van der Waals surface area (Å²) in [6.07, 6.45) is 4.67. The molecule has 0 aromatic rings. The molecule has 7 aliphatic rings. The van der Waals surface area contributed by atoms with Crippen LogP contribution in [-0.2, 0) is 19.1 Å². The molecule has 2 saturated heterocycles. The predicted octanol–water partition coefficient (Wildman–Crippen LogP) is 4.27. The van der Waals surface area contributed by atoms with Gasteiger partial charge in [-0.05, 0) is 67.9 Å². The average molecular weight is 483 g/mol. The van der Waals surface area contributed by atoms with Gasteiger partial charge in [0.1, 0.15) is 6.10 Å². The maximum Gasteiger partial charge on any atom is 0.313 e. The fourth-order valence-corrected chi connectivity index (χ4v) is 11.2. The molecule has 2 N–H and O–H groups in total. The molecule has 2 bridgehead atoms. The number of carbonyl (C=O) groups excluding carboxylic acids is 2.